The summed E-state index contributed by atoms with van der Waals surface area (Å²) >= 11 is 0. The van der Waals surface area contributed by atoms with Crippen molar-refractivity contribution in [3.05, 3.63) is 0 Å². The first-order chi connectivity index (χ1) is 17.9. The highest BCUT2D eigenvalue weighted by atomic mass is 16.5. The lowest BCUT2D eigenvalue weighted by Gasteiger charge is -2.44. The third-order valence-corrected chi connectivity index (χ3v) is 9.00. The molecule has 2 N–H and O–H groups in total. The normalized spacial score (nSPS) is 34.3. The van der Waals surface area contributed by atoms with Crippen LogP contribution in [0.3, 0.4) is 0 Å². The zero-order valence-electron chi connectivity index (χ0n) is 23.3. The van der Waals surface area contributed by atoms with Gasteiger partial charge in [0.05, 0.1) is 31.8 Å². The number of hydrogen-bond donors (Lipinski definition) is 2. The standard InChI is InChI=1S/C28H50N4O5/c1-4-32(23-5-10-35-11-6-23)24-16-22(17-25(18-24)37-14-9-31-7-12-36-13-8-31)27(33)29-19-26-20(2)15-21(3)30-28(26)34/h20-26H,4-19H2,1-3H3,(H,29,33)(H,30,34). The number of nitrogens with one attached hydrogen (secondary N) is 2. The van der Waals surface area contributed by atoms with E-state index in [0.717, 1.165) is 91.1 Å². The summed E-state index contributed by atoms with van der Waals surface area (Å²) in [6.07, 6.45) is 5.70. The van der Waals surface area contributed by atoms with Gasteiger partial charge in [0, 0.05) is 63.4 Å². The summed E-state index contributed by atoms with van der Waals surface area (Å²) in [5.41, 5.74) is 0. The number of carbonyl (C=O) groups excluding carboxylic acids is 2. The van der Waals surface area contributed by atoms with Gasteiger partial charge in [0.1, 0.15) is 0 Å². The molecule has 4 fully saturated rings. The van der Waals surface area contributed by atoms with E-state index >= 15 is 0 Å². The summed E-state index contributed by atoms with van der Waals surface area (Å²) in [5, 5.41) is 6.21. The summed E-state index contributed by atoms with van der Waals surface area (Å²) in [6.45, 7) is 14.5. The van der Waals surface area contributed by atoms with Crippen LogP contribution in [-0.2, 0) is 23.8 Å². The fraction of sp³-hybridized carbons (Fsp3) is 0.929. The molecule has 4 aliphatic rings. The van der Waals surface area contributed by atoms with E-state index in [0.29, 0.717) is 25.2 Å². The third kappa shape index (κ3) is 8.12. The molecule has 0 aromatic rings. The topological polar surface area (TPSA) is 92.4 Å². The Hall–Kier alpha value is -1.26. The Balaban J connectivity index is 1.36. The van der Waals surface area contributed by atoms with Crippen molar-refractivity contribution in [2.75, 3.05) is 65.8 Å². The van der Waals surface area contributed by atoms with E-state index in [-0.39, 0.29) is 41.7 Å². The molecule has 1 aliphatic carbocycles. The first-order valence-electron chi connectivity index (χ1n) is 14.8. The van der Waals surface area contributed by atoms with Crippen molar-refractivity contribution in [1.82, 2.24) is 20.4 Å². The van der Waals surface area contributed by atoms with Gasteiger partial charge >= 0.3 is 0 Å². The fourth-order valence-electron chi connectivity index (χ4n) is 6.90. The molecule has 9 nitrogen and oxygen atoms in total. The Morgan fingerprint density at radius 3 is 2.49 bits per heavy atom. The largest absolute Gasteiger partial charge is 0.381 e. The number of amides is 2. The maximum atomic E-state index is 13.5. The molecule has 1 saturated carbocycles. The molecular formula is C28H50N4O5. The predicted octanol–water partition coefficient (Wildman–Crippen LogP) is 1.65. The molecule has 0 spiro atoms. The molecular weight excluding hydrogens is 472 g/mol. The van der Waals surface area contributed by atoms with Gasteiger partial charge in [0.25, 0.3) is 0 Å². The molecule has 2 amide bonds. The smallest absolute Gasteiger partial charge is 0.225 e. The first kappa shape index (κ1) is 28.7. The van der Waals surface area contributed by atoms with Gasteiger partial charge in [-0.05, 0) is 57.9 Å². The average molecular weight is 523 g/mol. The monoisotopic (exact) mass is 522 g/mol. The van der Waals surface area contributed by atoms with Crippen LogP contribution in [0.25, 0.3) is 0 Å². The van der Waals surface area contributed by atoms with Crippen molar-refractivity contribution in [1.29, 1.82) is 0 Å². The van der Waals surface area contributed by atoms with Crippen molar-refractivity contribution >= 4 is 11.8 Å². The lowest BCUT2D eigenvalue weighted by molar-refractivity contribution is -0.132. The Labute approximate surface area is 223 Å². The second-order valence-electron chi connectivity index (χ2n) is 11.7. The van der Waals surface area contributed by atoms with Crippen LogP contribution in [-0.4, -0.2) is 112 Å². The molecule has 37 heavy (non-hydrogen) atoms. The molecule has 6 atom stereocenters. The number of piperidine rings is 1. The van der Waals surface area contributed by atoms with Crippen molar-refractivity contribution in [3.63, 3.8) is 0 Å². The van der Waals surface area contributed by atoms with E-state index in [4.69, 9.17) is 14.2 Å². The second-order valence-corrected chi connectivity index (χ2v) is 11.7. The minimum Gasteiger partial charge on any atom is -0.381 e. The number of rotatable bonds is 10. The predicted molar refractivity (Wildman–Crippen MR) is 142 cm³/mol. The summed E-state index contributed by atoms with van der Waals surface area (Å²) in [4.78, 5) is 31.0. The van der Waals surface area contributed by atoms with E-state index in [1.165, 1.54) is 0 Å². The maximum absolute atomic E-state index is 13.5. The van der Waals surface area contributed by atoms with Crippen molar-refractivity contribution in [2.24, 2.45) is 17.8 Å². The maximum Gasteiger partial charge on any atom is 0.225 e. The second kappa shape index (κ2) is 14.2. The van der Waals surface area contributed by atoms with E-state index in [2.05, 4.69) is 34.3 Å². The molecule has 3 aliphatic heterocycles. The van der Waals surface area contributed by atoms with Gasteiger partial charge in [-0.1, -0.05) is 13.8 Å². The van der Waals surface area contributed by atoms with Crippen LogP contribution in [0.1, 0.15) is 59.3 Å². The highest BCUT2D eigenvalue weighted by Crippen LogP contribution is 2.33. The lowest BCUT2D eigenvalue weighted by Crippen LogP contribution is -2.53. The number of ether oxygens (including phenoxy) is 3. The van der Waals surface area contributed by atoms with Gasteiger partial charge in [-0.2, -0.15) is 0 Å². The van der Waals surface area contributed by atoms with Crippen LogP contribution in [0, 0.1) is 17.8 Å². The molecule has 9 heteroatoms. The molecule has 0 radical (unpaired) electrons. The van der Waals surface area contributed by atoms with Crippen LogP contribution in [0.4, 0.5) is 0 Å². The summed E-state index contributed by atoms with van der Waals surface area (Å²) in [7, 11) is 0. The fourth-order valence-corrected chi connectivity index (χ4v) is 6.90. The Kier molecular flexibility index (Phi) is 11.0. The molecule has 6 unspecified atom stereocenters. The molecule has 0 aromatic heterocycles. The van der Waals surface area contributed by atoms with Gasteiger partial charge in [-0.25, -0.2) is 0 Å². The molecule has 3 saturated heterocycles. The Morgan fingerprint density at radius 1 is 1.05 bits per heavy atom. The van der Waals surface area contributed by atoms with Crippen LogP contribution >= 0.6 is 0 Å². The average Bonchev–Trinajstić information content (AvgIpc) is 2.89. The molecule has 0 bridgehead atoms. The SMILES string of the molecule is CCN(C1CCOCC1)C1CC(OCCN2CCOCC2)CC(C(=O)NCC2C(=O)NC(C)CC2C)C1. The number of morpholine rings is 1. The van der Waals surface area contributed by atoms with E-state index in [1.807, 2.05) is 6.92 Å². The molecule has 3 heterocycles. The van der Waals surface area contributed by atoms with Gasteiger partial charge < -0.3 is 24.8 Å². The highest BCUT2D eigenvalue weighted by Gasteiger charge is 2.39. The number of hydrogen-bond acceptors (Lipinski definition) is 7. The van der Waals surface area contributed by atoms with Crippen LogP contribution in [0.2, 0.25) is 0 Å². The minimum atomic E-state index is -0.158. The molecule has 4 rings (SSSR count). The summed E-state index contributed by atoms with van der Waals surface area (Å²) < 4.78 is 17.5. The van der Waals surface area contributed by atoms with Gasteiger partial charge in [0.15, 0.2) is 0 Å². The Morgan fingerprint density at radius 2 is 1.78 bits per heavy atom. The van der Waals surface area contributed by atoms with Crippen molar-refractivity contribution < 1.29 is 23.8 Å². The van der Waals surface area contributed by atoms with Crippen LogP contribution in [0.5, 0.6) is 0 Å². The summed E-state index contributed by atoms with van der Waals surface area (Å²) in [5.74, 6) is 0.155. The first-order valence-corrected chi connectivity index (χ1v) is 14.8. The van der Waals surface area contributed by atoms with E-state index < -0.39 is 0 Å². The van der Waals surface area contributed by atoms with Crippen molar-refractivity contribution in [2.45, 2.75) is 83.5 Å². The zero-order valence-corrected chi connectivity index (χ0v) is 23.3. The quantitative estimate of drug-likeness (QED) is 0.451. The van der Waals surface area contributed by atoms with Gasteiger partial charge in [0.2, 0.25) is 11.8 Å². The van der Waals surface area contributed by atoms with Gasteiger partial charge in [-0.15, -0.1) is 0 Å². The molecule has 0 aromatic carbocycles. The van der Waals surface area contributed by atoms with Crippen molar-refractivity contribution in [3.8, 4) is 0 Å². The van der Waals surface area contributed by atoms with Crippen LogP contribution in [0.15, 0.2) is 0 Å². The number of carbonyl (C=O) groups is 2. The third-order valence-electron chi connectivity index (χ3n) is 9.00. The zero-order chi connectivity index (χ0) is 26.2. The van der Waals surface area contributed by atoms with Gasteiger partial charge in [-0.3, -0.25) is 19.4 Å². The minimum absolute atomic E-state index is 0.0640. The molecule has 212 valence electrons. The Bertz CT molecular complexity index is 727. The number of nitrogens with zero attached hydrogens (tertiary/aromatic N) is 2. The summed E-state index contributed by atoms with van der Waals surface area (Å²) in [6, 6.07) is 1.03. The van der Waals surface area contributed by atoms with E-state index in [9.17, 15) is 9.59 Å². The van der Waals surface area contributed by atoms with Crippen LogP contribution < -0.4 is 10.6 Å². The highest BCUT2D eigenvalue weighted by molar-refractivity contribution is 5.82. The van der Waals surface area contributed by atoms with E-state index in [1.54, 1.807) is 0 Å². The lowest BCUT2D eigenvalue weighted by atomic mass is 9.81.